The largest absolute Gasteiger partial charge is 0.472 e. The molecule has 18 heavy (non-hydrogen) atoms. The molecular weight excluding hydrogens is 236 g/mol. The van der Waals surface area contributed by atoms with Gasteiger partial charge in [-0.15, -0.1) is 0 Å². The maximum absolute atomic E-state index is 11.7. The molecule has 0 radical (unpaired) electrons. The lowest BCUT2D eigenvalue weighted by atomic mass is 10.2. The summed E-state index contributed by atoms with van der Waals surface area (Å²) in [6, 6.07) is 7.86. The molecule has 0 fully saturated rings. The predicted molar refractivity (Wildman–Crippen MR) is 64.8 cm³/mol. The molecule has 92 valence electrons. The van der Waals surface area contributed by atoms with E-state index in [1.165, 1.54) is 12.5 Å². The number of carboxylic acid groups (broad SMARTS) is 1. The molecule has 2 rings (SSSR count). The predicted octanol–water partition coefficient (Wildman–Crippen LogP) is 2.62. The van der Waals surface area contributed by atoms with Gasteiger partial charge in [0.15, 0.2) is 0 Å². The van der Waals surface area contributed by atoms with Crippen LogP contribution in [0.5, 0.6) is 0 Å². The molecule has 1 aromatic heterocycles. The number of anilines is 2. The average molecular weight is 246 g/mol. The van der Waals surface area contributed by atoms with Crippen molar-refractivity contribution >= 4 is 23.4 Å². The highest BCUT2D eigenvalue weighted by molar-refractivity contribution is 6.04. The fourth-order valence-corrected chi connectivity index (χ4v) is 1.36. The van der Waals surface area contributed by atoms with Gasteiger partial charge in [0.2, 0.25) is 0 Å². The zero-order valence-electron chi connectivity index (χ0n) is 9.21. The van der Waals surface area contributed by atoms with E-state index in [0.29, 0.717) is 16.9 Å². The first-order valence-electron chi connectivity index (χ1n) is 5.09. The molecule has 0 saturated heterocycles. The zero-order valence-corrected chi connectivity index (χ0v) is 9.21. The van der Waals surface area contributed by atoms with Crippen LogP contribution in [0.4, 0.5) is 16.2 Å². The van der Waals surface area contributed by atoms with E-state index in [0.717, 1.165) is 0 Å². The summed E-state index contributed by atoms with van der Waals surface area (Å²) in [7, 11) is 0. The van der Waals surface area contributed by atoms with E-state index in [1.807, 2.05) is 0 Å². The maximum Gasteiger partial charge on any atom is 0.409 e. The van der Waals surface area contributed by atoms with Crippen LogP contribution in [0.1, 0.15) is 10.4 Å². The third kappa shape index (κ3) is 2.88. The summed E-state index contributed by atoms with van der Waals surface area (Å²) in [5, 5.41) is 13.4. The van der Waals surface area contributed by atoms with Gasteiger partial charge in [0.25, 0.3) is 5.91 Å². The zero-order chi connectivity index (χ0) is 13.0. The van der Waals surface area contributed by atoms with Crippen LogP contribution in [0, 0.1) is 0 Å². The third-order valence-electron chi connectivity index (χ3n) is 2.18. The number of nitrogens with one attached hydrogen (secondary N) is 2. The normalized spacial score (nSPS) is 9.78. The Labute approximate surface area is 102 Å². The van der Waals surface area contributed by atoms with Gasteiger partial charge in [-0.3, -0.25) is 10.1 Å². The van der Waals surface area contributed by atoms with Crippen molar-refractivity contribution in [1.29, 1.82) is 0 Å². The van der Waals surface area contributed by atoms with Crippen LogP contribution >= 0.6 is 0 Å². The summed E-state index contributed by atoms with van der Waals surface area (Å²) in [4.78, 5) is 22.1. The molecule has 0 unspecified atom stereocenters. The quantitative estimate of drug-likeness (QED) is 0.776. The van der Waals surface area contributed by atoms with Gasteiger partial charge in [0, 0.05) is 11.4 Å². The van der Waals surface area contributed by atoms with Gasteiger partial charge in [-0.1, -0.05) is 0 Å². The molecule has 0 spiro atoms. The molecule has 0 aliphatic carbocycles. The Bertz CT molecular complexity index is 546. The van der Waals surface area contributed by atoms with Crippen molar-refractivity contribution in [1.82, 2.24) is 0 Å². The first-order chi connectivity index (χ1) is 8.65. The highest BCUT2D eigenvalue weighted by Crippen LogP contribution is 2.14. The summed E-state index contributed by atoms with van der Waals surface area (Å²) in [5.41, 5.74) is 1.42. The van der Waals surface area contributed by atoms with Crippen molar-refractivity contribution in [3.8, 4) is 0 Å². The third-order valence-corrected chi connectivity index (χ3v) is 2.18. The van der Waals surface area contributed by atoms with Crippen LogP contribution in [0.3, 0.4) is 0 Å². The fraction of sp³-hybridized carbons (Fsp3) is 0. The summed E-state index contributed by atoms with van der Waals surface area (Å²) in [6.45, 7) is 0. The lowest BCUT2D eigenvalue weighted by Gasteiger charge is -2.05. The number of hydrogen-bond donors (Lipinski definition) is 3. The molecule has 1 aromatic carbocycles. The van der Waals surface area contributed by atoms with E-state index in [1.54, 1.807) is 30.3 Å². The lowest BCUT2D eigenvalue weighted by molar-refractivity contribution is 0.102. The fourth-order valence-electron chi connectivity index (χ4n) is 1.36. The number of carbonyl (C=O) groups is 2. The number of amides is 2. The average Bonchev–Trinajstić information content (AvgIpc) is 2.84. The van der Waals surface area contributed by atoms with Gasteiger partial charge in [0.1, 0.15) is 6.26 Å². The summed E-state index contributed by atoms with van der Waals surface area (Å²) >= 11 is 0. The molecule has 0 aliphatic rings. The molecule has 2 amide bonds. The van der Waals surface area contributed by atoms with Crippen LogP contribution in [0.15, 0.2) is 47.3 Å². The molecule has 3 N–H and O–H groups in total. The maximum atomic E-state index is 11.7. The second-order valence-electron chi connectivity index (χ2n) is 3.47. The minimum absolute atomic E-state index is 0.289. The minimum atomic E-state index is -1.13. The van der Waals surface area contributed by atoms with Crippen LogP contribution in [0.2, 0.25) is 0 Å². The summed E-state index contributed by atoms with van der Waals surface area (Å²) in [5.74, 6) is -0.289. The Balaban J connectivity index is 2.02. The van der Waals surface area contributed by atoms with E-state index in [4.69, 9.17) is 9.52 Å². The Morgan fingerprint density at radius 2 is 1.61 bits per heavy atom. The minimum Gasteiger partial charge on any atom is -0.472 e. The van der Waals surface area contributed by atoms with Gasteiger partial charge in [-0.25, -0.2) is 4.79 Å². The molecule has 0 atom stereocenters. The number of furan rings is 1. The van der Waals surface area contributed by atoms with Crippen molar-refractivity contribution in [3.63, 3.8) is 0 Å². The lowest BCUT2D eigenvalue weighted by Crippen LogP contribution is -2.11. The number of benzene rings is 1. The van der Waals surface area contributed by atoms with Gasteiger partial charge in [-0.2, -0.15) is 0 Å². The standard InChI is InChI=1S/C12H10N2O4/c15-11(8-5-6-18-7-8)13-9-1-3-10(4-2-9)14-12(16)17/h1-7,14H,(H,13,15)(H,16,17). The number of hydrogen-bond acceptors (Lipinski definition) is 3. The topological polar surface area (TPSA) is 91.6 Å². The molecular formula is C12H10N2O4. The van der Waals surface area contributed by atoms with Crippen molar-refractivity contribution < 1.29 is 19.1 Å². The van der Waals surface area contributed by atoms with Crippen molar-refractivity contribution in [3.05, 3.63) is 48.4 Å². The summed E-state index contributed by atoms with van der Waals surface area (Å²) in [6.07, 6.45) is 1.62. The second kappa shape index (κ2) is 5.05. The molecule has 6 heteroatoms. The second-order valence-corrected chi connectivity index (χ2v) is 3.47. The first kappa shape index (κ1) is 11.7. The smallest absolute Gasteiger partial charge is 0.409 e. The molecule has 0 aliphatic heterocycles. The van der Waals surface area contributed by atoms with Crippen LogP contribution in [0.25, 0.3) is 0 Å². The van der Waals surface area contributed by atoms with E-state index in [-0.39, 0.29) is 5.91 Å². The van der Waals surface area contributed by atoms with Gasteiger partial charge in [-0.05, 0) is 30.3 Å². The Hall–Kier alpha value is -2.76. The highest BCUT2D eigenvalue weighted by Gasteiger charge is 2.07. The van der Waals surface area contributed by atoms with Gasteiger partial charge < -0.3 is 14.8 Å². The van der Waals surface area contributed by atoms with Crippen LogP contribution in [-0.2, 0) is 0 Å². The Morgan fingerprint density at radius 3 is 2.11 bits per heavy atom. The van der Waals surface area contributed by atoms with Crippen molar-refractivity contribution in [2.24, 2.45) is 0 Å². The molecule has 1 heterocycles. The first-order valence-corrected chi connectivity index (χ1v) is 5.09. The van der Waals surface area contributed by atoms with Crippen molar-refractivity contribution in [2.75, 3.05) is 10.6 Å². The van der Waals surface area contributed by atoms with Crippen molar-refractivity contribution in [2.45, 2.75) is 0 Å². The Kier molecular flexibility index (Phi) is 3.29. The Morgan fingerprint density at radius 1 is 1.00 bits per heavy atom. The SMILES string of the molecule is O=C(O)Nc1ccc(NC(=O)c2ccoc2)cc1. The molecule has 2 aromatic rings. The van der Waals surface area contributed by atoms with Gasteiger partial charge in [0.05, 0.1) is 11.8 Å². The number of carbonyl (C=O) groups excluding carboxylic acids is 1. The van der Waals surface area contributed by atoms with Crippen LogP contribution in [-0.4, -0.2) is 17.1 Å². The number of rotatable bonds is 3. The van der Waals surface area contributed by atoms with E-state index in [9.17, 15) is 9.59 Å². The van der Waals surface area contributed by atoms with E-state index >= 15 is 0 Å². The summed E-state index contributed by atoms with van der Waals surface area (Å²) < 4.78 is 4.80. The highest BCUT2D eigenvalue weighted by atomic mass is 16.4. The molecule has 6 nitrogen and oxygen atoms in total. The van der Waals surface area contributed by atoms with E-state index < -0.39 is 6.09 Å². The molecule has 0 bridgehead atoms. The van der Waals surface area contributed by atoms with Crippen LogP contribution < -0.4 is 10.6 Å². The van der Waals surface area contributed by atoms with E-state index in [2.05, 4.69) is 10.6 Å². The monoisotopic (exact) mass is 246 g/mol. The molecule has 0 saturated carbocycles. The van der Waals surface area contributed by atoms with Gasteiger partial charge >= 0.3 is 6.09 Å².